The fourth-order valence-electron chi connectivity index (χ4n) is 2.67. The summed E-state index contributed by atoms with van der Waals surface area (Å²) in [7, 11) is 0. The first-order valence-corrected chi connectivity index (χ1v) is 9.65. The minimum atomic E-state index is -0.321. The van der Waals surface area contributed by atoms with E-state index < -0.39 is 0 Å². The summed E-state index contributed by atoms with van der Waals surface area (Å²) in [6.45, 7) is 11.9. The lowest BCUT2D eigenvalue weighted by Gasteiger charge is -2.28. The summed E-state index contributed by atoms with van der Waals surface area (Å²) in [5.41, 5.74) is -0.247. The summed E-state index contributed by atoms with van der Waals surface area (Å²) in [4.78, 5) is 24.5. The Kier molecular flexibility index (Phi) is 7.84. The van der Waals surface area contributed by atoms with Crippen LogP contribution in [-0.4, -0.2) is 27.6 Å². The van der Waals surface area contributed by atoms with Gasteiger partial charge >= 0.3 is 5.30 Å². The van der Waals surface area contributed by atoms with E-state index in [1.54, 1.807) is 0 Å². The monoisotopic (exact) mass is 355 g/mol. The van der Waals surface area contributed by atoms with Crippen LogP contribution in [0.4, 0.5) is 4.79 Å². The molecule has 24 heavy (non-hydrogen) atoms. The molecule has 0 fully saturated rings. The molecule has 0 bridgehead atoms. The van der Waals surface area contributed by atoms with Gasteiger partial charge in [-0.1, -0.05) is 33.3 Å². The van der Waals surface area contributed by atoms with Crippen molar-refractivity contribution >= 4 is 23.0 Å². The van der Waals surface area contributed by atoms with Gasteiger partial charge in [-0.3, -0.25) is 4.79 Å². The third kappa shape index (κ3) is 9.36. The second kappa shape index (κ2) is 8.93. The highest BCUT2D eigenvalue weighted by Crippen LogP contribution is 2.30. The van der Waals surface area contributed by atoms with Crippen molar-refractivity contribution in [2.45, 2.75) is 90.0 Å². The van der Waals surface area contributed by atoms with Gasteiger partial charge < -0.3 is 10.1 Å². The quantitative estimate of drug-likeness (QED) is 0.567. The zero-order valence-corrected chi connectivity index (χ0v) is 16.8. The maximum atomic E-state index is 12.3. The van der Waals surface area contributed by atoms with Crippen LogP contribution in [0.3, 0.4) is 0 Å². The summed E-state index contributed by atoms with van der Waals surface area (Å²) >= 11 is 1.20. The van der Waals surface area contributed by atoms with Gasteiger partial charge in [-0.05, 0) is 57.9 Å². The maximum absolute atomic E-state index is 12.3. The molecule has 5 heteroatoms. The topological polar surface area (TPSA) is 55.4 Å². The number of nitrogens with one attached hydrogen (secondary N) is 1. The van der Waals surface area contributed by atoms with E-state index in [1.165, 1.54) is 11.8 Å². The minimum Gasteiger partial charge on any atom is -0.450 e. The molecule has 0 aromatic rings. The molecule has 4 nitrogen and oxygen atoms in total. The van der Waals surface area contributed by atoms with Gasteiger partial charge in [0.2, 0.25) is 5.91 Å². The highest BCUT2D eigenvalue weighted by molar-refractivity contribution is 8.14. The second-order valence-corrected chi connectivity index (χ2v) is 10.3. The molecule has 1 rings (SSSR count). The molecule has 2 unspecified atom stereocenters. The molecule has 1 amide bonds. The van der Waals surface area contributed by atoms with Crippen molar-refractivity contribution < 1.29 is 14.3 Å². The fourth-order valence-corrected chi connectivity index (χ4v) is 3.33. The summed E-state index contributed by atoms with van der Waals surface area (Å²) in [6, 6.07) is 0. The third-order valence-corrected chi connectivity index (χ3v) is 4.45. The van der Waals surface area contributed by atoms with Crippen molar-refractivity contribution in [1.29, 1.82) is 0 Å². The van der Waals surface area contributed by atoms with Crippen LogP contribution in [0.15, 0.2) is 12.2 Å². The van der Waals surface area contributed by atoms with Crippen molar-refractivity contribution in [3.63, 3.8) is 0 Å². The van der Waals surface area contributed by atoms with Crippen molar-refractivity contribution in [2.24, 2.45) is 5.92 Å². The predicted molar refractivity (Wildman–Crippen MR) is 101 cm³/mol. The molecule has 1 aliphatic rings. The summed E-state index contributed by atoms with van der Waals surface area (Å²) in [5.74, 6) is 0.0550. The Morgan fingerprint density at radius 1 is 1.17 bits per heavy atom. The van der Waals surface area contributed by atoms with Crippen LogP contribution in [-0.2, 0) is 9.53 Å². The number of amides is 1. The van der Waals surface area contributed by atoms with Crippen LogP contribution >= 0.6 is 11.8 Å². The molecule has 1 N–H and O–H groups in total. The Hall–Kier alpha value is -0.970. The van der Waals surface area contributed by atoms with Gasteiger partial charge in [-0.15, -0.1) is 0 Å². The molecule has 0 radical (unpaired) electrons. The van der Waals surface area contributed by atoms with E-state index in [2.05, 4.69) is 11.4 Å². The van der Waals surface area contributed by atoms with Gasteiger partial charge in [-0.2, -0.15) is 0 Å². The smallest absolute Gasteiger partial charge is 0.368 e. The fraction of sp³-hybridized carbons (Fsp3) is 0.789. The van der Waals surface area contributed by atoms with Gasteiger partial charge in [-0.25, -0.2) is 4.79 Å². The highest BCUT2D eigenvalue weighted by atomic mass is 32.2. The van der Waals surface area contributed by atoms with E-state index >= 15 is 0 Å². The van der Waals surface area contributed by atoms with E-state index in [1.807, 2.05) is 47.6 Å². The van der Waals surface area contributed by atoms with Gasteiger partial charge in [0.15, 0.2) is 0 Å². The number of thioether (sulfide) groups is 1. The van der Waals surface area contributed by atoms with Crippen molar-refractivity contribution in [1.82, 2.24) is 5.32 Å². The van der Waals surface area contributed by atoms with Crippen LogP contribution in [0.25, 0.3) is 0 Å². The van der Waals surface area contributed by atoms with Gasteiger partial charge in [0.05, 0.1) is 0 Å². The molecule has 0 heterocycles. The van der Waals surface area contributed by atoms with E-state index in [0.717, 1.165) is 25.7 Å². The SMILES string of the molecule is CC(C)(C)NC(=O)CC1CCCC/C=C/C1OC(=O)SC(C)(C)C. The third-order valence-electron chi connectivity index (χ3n) is 3.57. The van der Waals surface area contributed by atoms with Crippen molar-refractivity contribution in [3.05, 3.63) is 12.2 Å². The Morgan fingerprint density at radius 3 is 2.42 bits per heavy atom. The lowest BCUT2D eigenvalue weighted by Crippen LogP contribution is -2.42. The van der Waals surface area contributed by atoms with E-state index in [-0.39, 0.29) is 33.5 Å². The molecule has 0 aliphatic heterocycles. The molecule has 1 aliphatic carbocycles. The Morgan fingerprint density at radius 2 is 1.83 bits per heavy atom. The Balaban J connectivity index is 2.75. The molecular formula is C19H33NO3S. The van der Waals surface area contributed by atoms with E-state index in [0.29, 0.717) is 6.42 Å². The lowest BCUT2D eigenvalue weighted by molar-refractivity contribution is -0.124. The van der Waals surface area contributed by atoms with Gasteiger partial charge in [0.25, 0.3) is 0 Å². The first-order chi connectivity index (χ1) is 11.0. The first-order valence-electron chi connectivity index (χ1n) is 8.83. The molecular weight excluding hydrogens is 322 g/mol. The number of carbonyl (C=O) groups excluding carboxylic acids is 2. The largest absolute Gasteiger partial charge is 0.450 e. The van der Waals surface area contributed by atoms with Gasteiger partial charge in [0, 0.05) is 22.6 Å². The maximum Gasteiger partial charge on any atom is 0.368 e. The minimum absolute atomic E-state index is 0.0194. The van der Waals surface area contributed by atoms with Crippen molar-refractivity contribution in [2.75, 3.05) is 0 Å². The number of rotatable bonds is 3. The summed E-state index contributed by atoms with van der Waals surface area (Å²) < 4.78 is 5.52. The number of ether oxygens (including phenoxy) is 1. The van der Waals surface area contributed by atoms with E-state index in [9.17, 15) is 9.59 Å². The molecule has 0 saturated carbocycles. The standard InChI is InChI=1S/C19H33NO3S/c1-18(2,3)20-16(21)13-14-11-9-7-8-10-12-15(14)23-17(22)24-19(4,5)6/h10,12,14-15H,7-9,11,13H2,1-6H3,(H,20,21)/b12-10+. The molecule has 138 valence electrons. The molecule has 0 aromatic heterocycles. The average Bonchev–Trinajstić information content (AvgIpc) is 2.32. The second-order valence-electron chi connectivity index (χ2n) is 8.52. The summed E-state index contributed by atoms with van der Waals surface area (Å²) in [5, 5.41) is 2.74. The first kappa shape index (κ1) is 21.1. The lowest BCUT2D eigenvalue weighted by atomic mass is 9.89. The van der Waals surface area contributed by atoms with Crippen LogP contribution in [0.1, 0.15) is 73.6 Å². The number of allylic oxidation sites excluding steroid dienone is 1. The molecule has 0 aromatic carbocycles. The average molecular weight is 356 g/mol. The highest BCUT2D eigenvalue weighted by Gasteiger charge is 2.29. The number of hydrogen-bond acceptors (Lipinski definition) is 4. The zero-order valence-electron chi connectivity index (χ0n) is 16.0. The van der Waals surface area contributed by atoms with Crippen LogP contribution in [0.5, 0.6) is 0 Å². The van der Waals surface area contributed by atoms with Gasteiger partial charge in [0.1, 0.15) is 6.10 Å². The van der Waals surface area contributed by atoms with Crippen molar-refractivity contribution in [3.8, 4) is 0 Å². The Labute approximate surface area is 151 Å². The molecule has 2 atom stereocenters. The summed E-state index contributed by atoms with van der Waals surface area (Å²) in [6.07, 6.45) is 8.19. The number of hydrogen-bond donors (Lipinski definition) is 1. The molecule has 0 spiro atoms. The zero-order chi connectivity index (χ0) is 18.4. The van der Waals surface area contributed by atoms with E-state index in [4.69, 9.17) is 4.74 Å². The normalized spacial score (nSPS) is 23.8. The van der Waals surface area contributed by atoms with Crippen LogP contribution in [0.2, 0.25) is 0 Å². The van der Waals surface area contributed by atoms with Crippen LogP contribution < -0.4 is 5.32 Å². The number of carbonyl (C=O) groups is 2. The Bertz CT molecular complexity index is 460. The van der Waals surface area contributed by atoms with Crippen LogP contribution in [0, 0.1) is 5.92 Å². The molecule has 0 saturated heterocycles. The predicted octanol–water partition coefficient (Wildman–Crippen LogP) is 5.07.